The lowest BCUT2D eigenvalue weighted by Gasteiger charge is -2.12. The standard InChI is InChI=1S/C21H20BrNO5/c1-25-18-11-14(5-4-10-23)6-8-17(18)28-21(24)9-7-15-12-19(26-2)20(27-3)13-16(15)22/h4-6,8,11-13H,7,9H2,1-3H3/b5-4-. The maximum Gasteiger partial charge on any atom is 0.311 e. The Morgan fingerprint density at radius 3 is 2.32 bits per heavy atom. The van der Waals surface area contributed by atoms with Gasteiger partial charge in [-0.1, -0.05) is 22.0 Å². The van der Waals surface area contributed by atoms with Crippen LogP contribution in [0, 0.1) is 11.3 Å². The van der Waals surface area contributed by atoms with Crippen LogP contribution in [-0.2, 0) is 11.2 Å². The molecule has 0 aliphatic carbocycles. The summed E-state index contributed by atoms with van der Waals surface area (Å²) in [6.07, 6.45) is 3.64. The van der Waals surface area contributed by atoms with Gasteiger partial charge < -0.3 is 18.9 Å². The first-order valence-corrected chi connectivity index (χ1v) is 9.17. The number of carbonyl (C=O) groups excluding carboxylic acids is 1. The topological polar surface area (TPSA) is 77.8 Å². The fourth-order valence-corrected chi connectivity index (χ4v) is 3.02. The van der Waals surface area contributed by atoms with Gasteiger partial charge in [0.15, 0.2) is 23.0 Å². The summed E-state index contributed by atoms with van der Waals surface area (Å²) in [5.41, 5.74) is 1.67. The lowest BCUT2D eigenvalue weighted by Crippen LogP contribution is -2.10. The van der Waals surface area contributed by atoms with E-state index in [2.05, 4.69) is 15.9 Å². The van der Waals surface area contributed by atoms with Crippen LogP contribution in [0.1, 0.15) is 17.5 Å². The summed E-state index contributed by atoms with van der Waals surface area (Å²) < 4.78 is 22.1. The van der Waals surface area contributed by atoms with E-state index in [0.29, 0.717) is 29.4 Å². The second-order valence-electron chi connectivity index (χ2n) is 5.65. The molecule has 2 aromatic carbocycles. The van der Waals surface area contributed by atoms with E-state index in [1.54, 1.807) is 44.6 Å². The number of allylic oxidation sites excluding steroid dienone is 1. The van der Waals surface area contributed by atoms with Crippen molar-refractivity contribution in [1.29, 1.82) is 5.26 Å². The highest BCUT2D eigenvalue weighted by molar-refractivity contribution is 9.10. The average molecular weight is 446 g/mol. The van der Waals surface area contributed by atoms with Crippen LogP contribution in [0.15, 0.2) is 40.9 Å². The predicted molar refractivity (Wildman–Crippen MR) is 109 cm³/mol. The Hall–Kier alpha value is -2.98. The number of hydrogen-bond acceptors (Lipinski definition) is 6. The molecule has 0 heterocycles. The maximum atomic E-state index is 12.3. The van der Waals surface area contributed by atoms with Gasteiger partial charge in [0.1, 0.15) is 0 Å². The van der Waals surface area contributed by atoms with Crippen molar-refractivity contribution in [1.82, 2.24) is 0 Å². The number of halogens is 1. The lowest BCUT2D eigenvalue weighted by molar-refractivity contribution is -0.134. The van der Waals surface area contributed by atoms with Crippen molar-refractivity contribution < 1.29 is 23.7 Å². The Morgan fingerprint density at radius 2 is 1.68 bits per heavy atom. The van der Waals surface area contributed by atoms with Crippen LogP contribution in [0.5, 0.6) is 23.0 Å². The molecule has 0 N–H and O–H groups in total. The number of nitrogens with zero attached hydrogens (tertiary/aromatic N) is 1. The summed E-state index contributed by atoms with van der Waals surface area (Å²) in [7, 11) is 4.62. The highest BCUT2D eigenvalue weighted by atomic mass is 79.9. The smallest absolute Gasteiger partial charge is 0.311 e. The minimum absolute atomic E-state index is 0.174. The molecule has 2 rings (SSSR count). The third-order valence-corrected chi connectivity index (χ3v) is 4.65. The summed E-state index contributed by atoms with van der Waals surface area (Å²) in [5.74, 6) is 1.56. The zero-order valence-electron chi connectivity index (χ0n) is 15.8. The third kappa shape index (κ3) is 5.51. The molecule has 0 aliphatic heterocycles. The van der Waals surface area contributed by atoms with E-state index in [4.69, 9.17) is 24.2 Å². The van der Waals surface area contributed by atoms with Crippen molar-refractivity contribution in [2.24, 2.45) is 0 Å². The van der Waals surface area contributed by atoms with Crippen molar-refractivity contribution in [3.63, 3.8) is 0 Å². The zero-order chi connectivity index (χ0) is 20.5. The molecule has 0 aromatic heterocycles. The molecule has 2 aromatic rings. The number of nitriles is 1. The number of rotatable bonds is 8. The summed E-state index contributed by atoms with van der Waals surface area (Å²) in [6, 6.07) is 10.6. The first-order chi connectivity index (χ1) is 13.5. The van der Waals surface area contributed by atoms with Gasteiger partial charge in [-0.3, -0.25) is 4.79 Å². The summed E-state index contributed by atoms with van der Waals surface area (Å²) in [6.45, 7) is 0. The first kappa shape index (κ1) is 21.3. The van der Waals surface area contributed by atoms with E-state index in [1.807, 2.05) is 12.1 Å². The van der Waals surface area contributed by atoms with Crippen LogP contribution in [0.2, 0.25) is 0 Å². The Balaban J connectivity index is 2.07. The van der Waals surface area contributed by atoms with E-state index in [1.165, 1.54) is 13.2 Å². The summed E-state index contributed by atoms with van der Waals surface area (Å²) in [5, 5.41) is 8.61. The van der Waals surface area contributed by atoms with Gasteiger partial charge in [-0.05, 0) is 47.9 Å². The number of benzene rings is 2. The third-order valence-electron chi connectivity index (χ3n) is 3.91. The van der Waals surface area contributed by atoms with E-state index in [9.17, 15) is 4.79 Å². The average Bonchev–Trinajstić information content (AvgIpc) is 2.71. The second-order valence-corrected chi connectivity index (χ2v) is 6.50. The van der Waals surface area contributed by atoms with Crippen molar-refractivity contribution in [3.8, 4) is 29.1 Å². The zero-order valence-corrected chi connectivity index (χ0v) is 17.4. The Kier molecular flexibility index (Phi) is 7.90. The van der Waals surface area contributed by atoms with Gasteiger partial charge in [-0.25, -0.2) is 0 Å². The number of aryl methyl sites for hydroxylation is 1. The molecule has 6 nitrogen and oxygen atoms in total. The number of carbonyl (C=O) groups is 1. The van der Waals surface area contributed by atoms with Crippen LogP contribution in [0.3, 0.4) is 0 Å². The van der Waals surface area contributed by atoms with Gasteiger partial charge in [0.2, 0.25) is 0 Å². The predicted octanol–water partition coefficient (Wildman–Crippen LogP) is 4.55. The van der Waals surface area contributed by atoms with E-state index < -0.39 is 0 Å². The minimum Gasteiger partial charge on any atom is -0.493 e. The molecule has 0 saturated heterocycles. The van der Waals surface area contributed by atoms with Crippen LogP contribution in [0.25, 0.3) is 6.08 Å². The molecule has 7 heteroatoms. The molecular formula is C21H20BrNO5. The van der Waals surface area contributed by atoms with Crippen LogP contribution in [-0.4, -0.2) is 27.3 Å². The summed E-state index contributed by atoms with van der Waals surface area (Å²) >= 11 is 3.48. The van der Waals surface area contributed by atoms with Crippen molar-refractivity contribution in [3.05, 3.63) is 52.0 Å². The molecule has 0 aliphatic rings. The second kappa shape index (κ2) is 10.4. The SMILES string of the molecule is COc1cc(Br)c(CCC(=O)Oc2ccc(/C=C\C#N)cc2OC)cc1OC. The molecule has 0 spiro atoms. The Morgan fingerprint density at radius 1 is 1.04 bits per heavy atom. The first-order valence-electron chi connectivity index (χ1n) is 8.37. The minimum atomic E-state index is -0.389. The molecule has 0 atom stereocenters. The number of esters is 1. The maximum absolute atomic E-state index is 12.3. The quantitative estimate of drug-likeness (QED) is 0.336. The lowest BCUT2D eigenvalue weighted by atomic mass is 10.1. The Labute approximate surface area is 172 Å². The molecule has 28 heavy (non-hydrogen) atoms. The summed E-state index contributed by atoms with van der Waals surface area (Å²) in [4.78, 5) is 12.3. The molecule has 0 fully saturated rings. The number of hydrogen-bond donors (Lipinski definition) is 0. The molecule has 146 valence electrons. The van der Waals surface area contributed by atoms with Gasteiger partial charge >= 0.3 is 5.97 Å². The molecule has 0 bridgehead atoms. The molecule has 0 amide bonds. The van der Waals surface area contributed by atoms with Crippen molar-refractivity contribution >= 4 is 28.0 Å². The largest absolute Gasteiger partial charge is 0.493 e. The monoisotopic (exact) mass is 445 g/mol. The van der Waals surface area contributed by atoms with Gasteiger partial charge in [0.25, 0.3) is 0 Å². The Bertz CT molecular complexity index is 918. The van der Waals surface area contributed by atoms with E-state index >= 15 is 0 Å². The molecule has 0 saturated carbocycles. The molecular weight excluding hydrogens is 426 g/mol. The van der Waals surface area contributed by atoms with Gasteiger partial charge in [0, 0.05) is 10.5 Å². The van der Waals surface area contributed by atoms with Crippen LogP contribution < -0.4 is 18.9 Å². The van der Waals surface area contributed by atoms with Crippen molar-refractivity contribution in [2.45, 2.75) is 12.8 Å². The number of methoxy groups -OCH3 is 3. The fourth-order valence-electron chi connectivity index (χ4n) is 2.50. The fraction of sp³-hybridized carbons (Fsp3) is 0.238. The van der Waals surface area contributed by atoms with E-state index in [0.717, 1.165) is 15.6 Å². The number of ether oxygens (including phenoxy) is 4. The van der Waals surface area contributed by atoms with E-state index in [-0.39, 0.29) is 12.4 Å². The molecule has 0 unspecified atom stereocenters. The normalized spacial score (nSPS) is 10.4. The van der Waals surface area contributed by atoms with Crippen LogP contribution >= 0.6 is 15.9 Å². The highest BCUT2D eigenvalue weighted by Crippen LogP contribution is 2.34. The molecule has 0 radical (unpaired) electrons. The van der Waals surface area contributed by atoms with Gasteiger partial charge in [-0.2, -0.15) is 5.26 Å². The van der Waals surface area contributed by atoms with Crippen molar-refractivity contribution in [2.75, 3.05) is 21.3 Å². The van der Waals surface area contributed by atoms with Crippen LogP contribution in [0.4, 0.5) is 0 Å². The van der Waals surface area contributed by atoms with Gasteiger partial charge in [-0.15, -0.1) is 0 Å². The van der Waals surface area contributed by atoms with Gasteiger partial charge in [0.05, 0.1) is 33.8 Å². The highest BCUT2D eigenvalue weighted by Gasteiger charge is 2.14.